The number of benzene rings is 1. The van der Waals surface area contributed by atoms with Crippen LogP contribution in [0.4, 0.5) is 0 Å². The Hall–Kier alpha value is -0.450. The molecule has 1 fully saturated rings. The number of Topliss-reactive ketones (excluding diaryl/α,β-unsaturated/α-hetero) is 1. The Morgan fingerprint density at radius 1 is 1.44 bits per heavy atom. The molecule has 0 bridgehead atoms. The van der Waals surface area contributed by atoms with Crippen LogP contribution in [0.15, 0.2) is 30.3 Å². The minimum Gasteiger partial charge on any atom is -0.302 e. The number of unbranched alkanes of at least 4 members (excludes halogenated alkanes) is 1. The van der Waals surface area contributed by atoms with Crippen molar-refractivity contribution in [2.24, 2.45) is 5.73 Å². The molecule has 0 aromatic heterocycles. The van der Waals surface area contributed by atoms with Crippen molar-refractivity contribution in [2.75, 3.05) is 5.75 Å². The normalized spacial score (nSPS) is 27.3. The fourth-order valence-electron chi connectivity index (χ4n) is 1.97. The number of rotatable bonds is 5. The number of hydrogen-bond acceptors (Lipinski definition) is 4. The molecule has 0 amide bonds. The van der Waals surface area contributed by atoms with Crippen LogP contribution in [0.1, 0.15) is 37.0 Å². The van der Waals surface area contributed by atoms with Gasteiger partial charge in [-0.2, -0.15) is 0 Å². The van der Waals surface area contributed by atoms with Crippen molar-refractivity contribution >= 4 is 29.3 Å². The second kappa shape index (κ2) is 6.13. The molecule has 1 aliphatic heterocycles. The molecule has 0 aliphatic carbocycles. The highest BCUT2D eigenvalue weighted by atomic mass is 32.2. The highest BCUT2D eigenvalue weighted by Crippen LogP contribution is 2.52. The fraction of sp³-hybridized carbons (Fsp3) is 0.500. The third kappa shape index (κ3) is 3.11. The number of ketones is 1. The topological polar surface area (TPSA) is 43.1 Å². The molecule has 1 aromatic rings. The lowest BCUT2D eigenvalue weighted by Crippen LogP contribution is -2.39. The molecule has 18 heavy (non-hydrogen) atoms. The number of carbonyl (C=O) groups is 1. The summed E-state index contributed by atoms with van der Waals surface area (Å²) in [5.74, 6) is 1.11. The van der Waals surface area contributed by atoms with E-state index < -0.39 is 4.20 Å². The largest absolute Gasteiger partial charge is 0.302 e. The second-order valence-electron chi connectivity index (χ2n) is 4.52. The fourth-order valence-corrected chi connectivity index (χ4v) is 5.07. The van der Waals surface area contributed by atoms with Crippen LogP contribution >= 0.6 is 23.5 Å². The first-order valence-electron chi connectivity index (χ1n) is 6.34. The van der Waals surface area contributed by atoms with E-state index in [-0.39, 0.29) is 5.78 Å². The van der Waals surface area contributed by atoms with Gasteiger partial charge in [0.2, 0.25) is 0 Å². The van der Waals surface area contributed by atoms with Gasteiger partial charge in [-0.25, -0.2) is 0 Å². The summed E-state index contributed by atoms with van der Waals surface area (Å²) < 4.78 is -0.727. The van der Waals surface area contributed by atoms with Gasteiger partial charge in [-0.05, 0) is 12.0 Å². The smallest absolute Gasteiger partial charge is 0.173 e. The Morgan fingerprint density at radius 3 is 2.83 bits per heavy atom. The Bertz CT molecular complexity index is 410. The van der Waals surface area contributed by atoms with E-state index in [1.54, 1.807) is 23.5 Å². The van der Waals surface area contributed by atoms with Crippen LogP contribution in [0.5, 0.6) is 0 Å². The molecule has 0 saturated carbocycles. The summed E-state index contributed by atoms with van der Waals surface area (Å²) in [4.78, 5) is 12.1. The van der Waals surface area contributed by atoms with Crippen molar-refractivity contribution in [1.82, 2.24) is 0 Å². The van der Waals surface area contributed by atoms with E-state index in [4.69, 9.17) is 5.73 Å². The third-order valence-electron chi connectivity index (χ3n) is 3.08. The van der Waals surface area contributed by atoms with Gasteiger partial charge in [0.15, 0.2) is 9.99 Å². The van der Waals surface area contributed by atoms with Gasteiger partial charge in [0.05, 0.1) is 0 Å². The molecular weight excluding hydrogens is 262 g/mol. The molecule has 0 spiro atoms. The van der Waals surface area contributed by atoms with Gasteiger partial charge in [-0.1, -0.05) is 43.7 Å². The summed E-state index contributed by atoms with van der Waals surface area (Å²) in [7, 11) is 0. The number of hydrogen-bond donors (Lipinski definition) is 1. The average Bonchev–Trinajstić information content (AvgIpc) is 2.81. The SMILES string of the molecule is CCCCC(=O)[C@@]1(N)SCC(c2ccccc2)S1. The van der Waals surface area contributed by atoms with Crippen LogP contribution in [0.2, 0.25) is 0 Å². The second-order valence-corrected chi connectivity index (χ2v) is 7.50. The standard InChI is InChI=1S/C14H19NOS2/c1-2-3-9-13(16)14(15)17-10-12(18-14)11-7-5-4-6-8-11/h4-8,12H,2-3,9-10,15H2,1H3/t12?,14-/m1/s1. The van der Waals surface area contributed by atoms with E-state index in [0.717, 1.165) is 18.6 Å². The van der Waals surface area contributed by atoms with Gasteiger partial charge >= 0.3 is 0 Å². The van der Waals surface area contributed by atoms with Crippen LogP contribution in [0.3, 0.4) is 0 Å². The molecule has 2 rings (SSSR count). The molecule has 98 valence electrons. The summed E-state index contributed by atoms with van der Waals surface area (Å²) in [5.41, 5.74) is 7.52. The maximum atomic E-state index is 12.1. The van der Waals surface area contributed by atoms with Gasteiger partial charge in [0.1, 0.15) is 0 Å². The van der Waals surface area contributed by atoms with Gasteiger partial charge in [-0.3, -0.25) is 4.79 Å². The Kier molecular flexibility index (Phi) is 4.76. The van der Waals surface area contributed by atoms with Gasteiger partial charge in [-0.15, -0.1) is 23.5 Å². The number of nitrogens with two attached hydrogens (primary N) is 1. The molecule has 1 aromatic carbocycles. The van der Waals surface area contributed by atoms with Crippen molar-refractivity contribution in [3.63, 3.8) is 0 Å². The van der Waals surface area contributed by atoms with E-state index >= 15 is 0 Å². The summed E-state index contributed by atoms with van der Waals surface area (Å²) in [6.07, 6.45) is 2.59. The lowest BCUT2D eigenvalue weighted by Gasteiger charge is -2.20. The first-order valence-corrected chi connectivity index (χ1v) is 8.21. The summed E-state index contributed by atoms with van der Waals surface area (Å²) in [6.45, 7) is 2.10. The molecular formula is C14H19NOS2. The van der Waals surface area contributed by atoms with E-state index in [9.17, 15) is 4.79 Å². The van der Waals surface area contributed by atoms with Crippen LogP contribution in [-0.2, 0) is 4.79 Å². The quantitative estimate of drug-likeness (QED) is 0.896. The molecule has 1 unspecified atom stereocenters. The highest BCUT2D eigenvalue weighted by Gasteiger charge is 2.43. The molecule has 1 aliphatic rings. The van der Waals surface area contributed by atoms with Crippen molar-refractivity contribution < 1.29 is 4.79 Å². The van der Waals surface area contributed by atoms with E-state index in [2.05, 4.69) is 19.1 Å². The molecule has 4 heteroatoms. The zero-order valence-electron chi connectivity index (χ0n) is 10.6. The third-order valence-corrected chi connectivity index (χ3v) is 6.39. The predicted molar refractivity (Wildman–Crippen MR) is 80.7 cm³/mol. The lowest BCUT2D eigenvalue weighted by atomic mass is 10.2. The van der Waals surface area contributed by atoms with E-state index in [1.807, 2.05) is 18.2 Å². The number of thioether (sulfide) groups is 2. The summed E-state index contributed by atoms with van der Waals surface area (Å²) in [6, 6.07) is 10.3. The molecule has 2 N–H and O–H groups in total. The van der Waals surface area contributed by atoms with E-state index in [1.165, 1.54) is 5.56 Å². The van der Waals surface area contributed by atoms with Crippen molar-refractivity contribution in [3.8, 4) is 0 Å². The predicted octanol–water partition coefficient (Wildman–Crippen LogP) is 3.58. The minimum atomic E-state index is -0.727. The Morgan fingerprint density at radius 2 is 2.17 bits per heavy atom. The highest BCUT2D eigenvalue weighted by molar-refractivity contribution is 8.22. The Balaban J connectivity index is 2.01. The zero-order valence-corrected chi connectivity index (χ0v) is 12.2. The molecule has 2 nitrogen and oxygen atoms in total. The molecule has 0 radical (unpaired) electrons. The van der Waals surface area contributed by atoms with Gasteiger partial charge in [0, 0.05) is 17.4 Å². The van der Waals surface area contributed by atoms with Crippen molar-refractivity contribution in [2.45, 2.75) is 35.6 Å². The minimum absolute atomic E-state index is 0.192. The average molecular weight is 281 g/mol. The monoisotopic (exact) mass is 281 g/mol. The van der Waals surface area contributed by atoms with Crippen LogP contribution in [-0.4, -0.2) is 15.7 Å². The summed E-state index contributed by atoms with van der Waals surface area (Å²) in [5, 5.41) is 0.340. The van der Waals surface area contributed by atoms with Crippen molar-refractivity contribution in [1.29, 1.82) is 0 Å². The van der Waals surface area contributed by atoms with Crippen LogP contribution < -0.4 is 5.73 Å². The lowest BCUT2D eigenvalue weighted by molar-refractivity contribution is -0.119. The first kappa shape index (κ1) is 14.0. The zero-order chi connectivity index (χ0) is 13.0. The molecule has 2 atom stereocenters. The number of carbonyl (C=O) groups excluding carboxylic acids is 1. The summed E-state index contributed by atoms with van der Waals surface area (Å²) >= 11 is 3.21. The Labute approximate surface area is 117 Å². The van der Waals surface area contributed by atoms with Gasteiger partial charge in [0.25, 0.3) is 0 Å². The van der Waals surface area contributed by atoms with E-state index in [0.29, 0.717) is 11.7 Å². The maximum Gasteiger partial charge on any atom is 0.173 e. The van der Waals surface area contributed by atoms with Crippen molar-refractivity contribution in [3.05, 3.63) is 35.9 Å². The first-order chi connectivity index (χ1) is 8.65. The maximum absolute atomic E-state index is 12.1. The molecule has 1 saturated heterocycles. The van der Waals surface area contributed by atoms with Crippen LogP contribution in [0, 0.1) is 0 Å². The van der Waals surface area contributed by atoms with Crippen LogP contribution in [0.25, 0.3) is 0 Å². The molecule has 1 heterocycles. The van der Waals surface area contributed by atoms with Gasteiger partial charge < -0.3 is 5.73 Å².